The average molecular weight is 427 g/mol. The molecule has 0 aliphatic carbocycles. The third-order valence-corrected chi connectivity index (χ3v) is 7.42. The third-order valence-electron chi connectivity index (χ3n) is 5.16. The molecule has 1 atom stereocenters. The maximum atomic E-state index is 11.7. The SMILES string of the molecule is O=S1(=O)CC[C@H](c2nnc(C3(c4cccc(Br)c4)CCOCC3)o2)C1. The van der Waals surface area contributed by atoms with Gasteiger partial charge in [0.25, 0.3) is 0 Å². The van der Waals surface area contributed by atoms with Gasteiger partial charge in [0, 0.05) is 17.7 Å². The zero-order valence-corrected chi connectivity index (χ0v) is 16.1. The second-order valence-corrected chi connectivity index (χ2v) is 9.89. The van der Waals surface area contributed by atoms with Gasteiger partial charge in [-0.05, 0) is 37.0 Å². The van der Waals surface area contributed by atoms with Gasteiger partial charge in [-0.3, -0.25) is 0 Å². The highest BCUT2D eigenvalue weighted by molar-refractivity contribution is 9.10. The Morgan fingerprint density at radius 3 is 2.68 bits per heavy atom. The van der Waals surface area contributed by atoms with Crippen LogP contribution in [0.2, 0.25) is 0 Å². The predicted molar refractivity (Wildman–Crippen MR) is 95.3 cm³/mol. The first-order valence-electron chi connectivity index (χ1n) is 8.37. The summed E-state index contributed by atoms with van der Waals surface area (Å²) in [5.41, 5.74) is 0.726. The Morgan fingerprint density at radius 1 is 1.20 bits per heavy atom. The van der Waals surface area contributed by atoms with Gasteiger partial charge in [-0.15, -0.1) is 10.2 Å². The van der Waals surface area contributed by atoms with Crippen LogP contribution in [0.5, 0.6) is 0 Å². The fraction of sp³-hybridized carbons (Fsp3) is 0.529. The monoisotopic (exact) mass is 426 g/mol. The lowest BCUT2D eigenvalue weighted by Gasteiger charge is -2.34. The molecular formula is C17H19BrN2O4S. The molecule has 8 heteroatoms. The number of benzene rings is 1. The minimum absolute atomic E-state index is 0.0988. The molecule has 4 rings (SSSR count). The Balaban J connectivity index is 1.72. The van der Waals surface area contributed by atoms with Gasteiger partial charge >= 0.3 is 0 Å². The molecule has 0 bridgehead atoms. The zero-order valence-electron chi connectivity index (χ0n) is 13.7. The molecule has 134 valence electrons. The van der Waals surface area contributed by atoms with E-state index in [1.165, 1.54) is 0 Å². The minimum Gasteiger partial charge on any atom is -0.424 e. The summed E-state index contributed by atoms with van der Waals surface area (Å²) in [7, 11) is -2.99. The van der Waals surface area contributed by atoms with Crippen molar-refractivity contribution in [2.24, 2.45) is 0 Å². The highest BCUT2D eigenvalue weighted by Gasteiger charge is 2.42. The topological polar surface area (TPSA) is 82.3 Å². The van der Waals surface area contributed by atoms with Crippen LogP contribution in [-0.4, -0.2) is 43.3 Å². The Morgan fingerprint density at radius 2 is 2.00 bits per heavy atom. The van der Waals surface area contributed by atoms with Crippen molar-refractivity contribution in [3.8, 4) is 0 Å². The molecule has 0 saturated carbocycles. The van der Waals surface area contributed by atoms with Crippen LogP contribution in [0.4, 0.5) is 0 Å². The van der Waals surface area contributed by atoms with Crippen LogP contribution in [0.15, 0.2) is 33.2 Å². The first kappa shape index (κ1) is 17.2. The van der Waals surface area contributed by atoms with E-state index in [4.69, 9.17) is 9.15 Å². The summed E-state index contributed by atoms with van der Waals surface area (Å²) in [4.78, 5) is 0. The minimum atomic E-state index is -2.99. The van der Waals surface area contributed by atoms with Gasteiger partial charge in [0.15, 0.2) is 9.84 Å². The van der Waals surface area contributed by atoms with E-state index in [0.29, 0.717) is 31.4 Å². The number of rotatable bonds is 3. The molecule has 6 nitrogen and oxygen atoms in total. The smallest absolute Gasteiger partial charge is 0.227 e. The summed E-state index contributed by atoms with van der Waals surface area (Å²) >= 11 is 3.53. The van der Waals surface area contributed by atoms with E-state index in [-0.39, 0.29) is 22.8 Å². The van der Waals surface area contributed by atoms with Crippen molar-refractivity contribution in [1.29, 1.82) is 0 Å². The van der Waals surface area contributed by atoms with Crippen LogP contribution in [0.3, 0.4) is 0 Å². The molecular weight excluding hydrogens is 408 g/mol. The molecule has 0 spiro atoms. The summed E-state index contributed by atoms with van der Waals surface area (Å²) in [5, 5.41) is 8.53. The second kappa shape index (κ2) is 6.48. The molecule has 2 saturated heterocycles. The highest BCUT2D eigenvalue weighted by atomic mass is 79.9. The Labute approximate surface area is 155 Å². The molecule has 2 aliphatic rings. The molecule has 0 N–H and O–H groups in total. The van der Waals surface area contributed by atoms with E-state index in [1.807, 2.05) is 12.1 Å². The molecule has 25 heavy (non-hydrogen) atoms. The Bertz CT molecular complexity index is 874. The fourth-order valence-electron chi connectivity index (χ4n) is 3.71. The first-order chi connectivity index (χ1) is 12.0. The molecule has 0 radical (unpaired) electrons. The number of halogens is 1. The molecule has 1 aromatic carbocycles. The summed E-state index contributed by atoms with van der Waals surface area (Å²) in [6.45, 7) is 1.25. The molecule has 1 aromatic heterocycles. The van der Waals surface area contributed by atoms with E-state index >= 15 is 0 Å². The maximum Gasteiger partial charge on any atom is 0.227 e. The first-order valence-corrected chi connectivity index (χ1v) is 11.0. The zero-order chi connectivity index (χ0) is 17.5. The normalized spacial score (nSPS) is 25.1. The average Bonchev–Trinajstić information content (AvgIpc) is 3.22. The number of hydrogen-bond acceptors (Lipinski definition) is 6. The predicted octanol–water partition coefficient (Wildman–Crippen LogP) is 2.83. The lowest BCUT2D eigenvalue weighted by molar-refractivity contribution is 0.0539. The highest BCUT2D eigenvalue weighted by Crippen LogP contribution is 2.42. The van der Waals surface area contributed by atoms with Crippen LogP contribution in [0.25, 0.3) is 0 Å². The fourth-order valence-corrected chi connectivity index (χ4v) is 5.85. The summed E-state index contributed by atoms with van der Waals surface area (Å²) in [5.74, 6) is 1.11. The van der Waals surface area contributed by atoms with Crippen molar-refractivity contribution >= 4 is 25.8 Å². The number of nitrogens with zero attached hydrogens (tertiary/aromatic N) is 2. The number of sulfone groups is 1. The van der Waals surface area contributed by atoms with Crippen LogP contribution in [0, 0.1) is 0 Å². The van der Waals surface area contributed by atoms with Gasteiger partial charge in [0.1, 0.15) is 0 Å². The molecule has 0 unspecified atom stereocenters. The number of hydrogen-bond donors (Lipinski definition) is 0. The maximum absolute atomic E-state index is 11.7. The third kappa shape index (κ3) is 3.27. The Hall–Kier alpha value is -1.25. The summed E-state index contributed by atoms with van der Waals surface area (Å²) in [6, 6.07) is 8.13. The lowest BCUT2D eigenvalue weighted by Crippen LogP contribution is -2.35. The Kier molecular flexibility index (Phi) is 4.45. The van der Waals surface area contributed by atoms with Gasteiger partial charge in [-0.25, -0.2) is 8.42 Å². The van der Waals surface area contributed by atoms with Crippen molar-refractivity contribution in [3.05, 3.63) is 46.1 Å². The summed E-state index contributed by atoms with van der Waals surface area (Å²) < 4.78 is 36.1. The molecule has 0 amide bonds. The van der Waals surface area contributed by atoms with Crippen LogP contribution >= 0.6 is 15.9 Å². The van der Waals surface area contributed by atoms with E-state index in [0.717, 1.165) is 22.9 Å². The molecule has 2 aromatic rings. The van der Waals surface area contributed by atoms with Crippen LogP contribution in [0.1, 0.15) is 42.5 Å². The van der Waals surface area contributed by atoms with E-state index in [9.17, 15) is 8.42 Å². The van der Waals surface area contributed by atoms with Gasteiger partial charge in [0.2, 0.25) is 11.8 Å². The van der Waals surface area contributed by atoms with Gasteiger partial charge < -0.3 is 9.15 Å². The van der Waals surface area contributed by atoms with Crippen molar-refractivity contribution in [3.63, 3.8) is 0 Å². The van der Waals surface area contributed by atoms with Crippen molar-refractivity contribution < 1.29 is 17.6 Å². The second-order valence-electron chi connectivity index (χ2n) is 6.75. The van der Waals surface area contributed by atoms with Gasteiger partial charge in [-0.1, -0.05) is 28.1 Å². The largest absolute Gasteiger partial charge is 0.424 e. The van der Waals surface area contributed by atoms with Gasteiger partial charge in [-0.2, -0.15) is 0 Å². The van der Waals surface area contributed by atoms with E-state index < -0.39 is 9.84 Å². The quantitative estimate of drug-likeness (QED) is 0.750. The molecule has 2 aliphatic heterocycles. The number of ether oxygens (including phenoxy) is 1. The van der Waals surface area contributed by atoms with Crippen molar-refractivity contribution in [2.45, 2.75) is 30.6 Å². The number of aromatic nitrogens is 2. The lowest BCUT2D eigenvalue weighted by atomic mass is 9.74. The summed E-state index contributed by atoms with van der Waals surface area (Å²) in [6.07, 6.45) is 2.07. The van der Waals surface area contributed by atoms with E-state index in [1.54, 1.807) is 0 Å². The van der Waals surface area contributed by atoms with Crippen LogP contribution in [-0.2, 0) is 20.0 Å². The van der Waals surface area contributed by atoms with Crippen LogP contribution < -0.4 is 0 Å². The van der Waals surface area contributed by atoms with Crippen molar-refractivity contribution in [1.82, 2.24) is 10.2 Å². The molecule has 3 heterocycles. The van der Waals surface area contributed by atoms with E-state index in [2.05, 4.69) is 38.3 Å². The molecule has 2 fully saturated rings. The van der Waals surface area contributed by atoms with Crippen molar-refractivity contribution in [2.75, 3.05) is 24.7 Å². The standard InChI is InChI=1S/C17H19BrN2O4S/c18-14-3-1-2-13(10-14)17(5-7-23-8-6-17)16-20-19-15(24-16)12-4-9-25(21,22)11-12/h1-3,10,12H,4-9,11H2/t12-/m0/s1. The van der Waals surface area contributed by atoms with Gasteiger partial charge in [0.05, 0.1) is 22.8 Å².